The van der Waals surface area contributed by atoms with Crippen molar-refractivity contribution >= 4 is 17.6 Å². The quantitative estimate of drug-likeness (QED) is 0.853. The van der Waals surface area contributed by atoms with Crippen molar-refractivity contribution in [1.82, 2.24) is 5.32 Å². The highest BCUT2D eigenvalue weighted by molar-refractivity contribution is 6.05. The molecule has 0 aliphatic carbocycles. The summed E-state index contributed by atoms with van der Waals surface area (Å²) in [6.07, 6.45) is -4.40. The van der Waals surface area contributed by atoms with E-state index < -0.39 is 23.7 Å². The highest BCUT2D eigenvalue weighted by Gasteiger charge is 2.34. The Kier molecular flexibility index (Phi) is 3.21. The lowest BCUT2D eigenvalue weighted by atomic mass is 10.1. The average molecular weight is 272 g/mol. The van der Waals surface area contributed by atoms with Gasteiger partial charge in [0, 0.05) is 18.7 Å². The van der Waals surface area contributed by atoms with Crippen molar-refractivity contribution in [3.63, 3.8) is 0 Å². The summed E-state index contributed by atoms with van der Waals surface area (Å²) < 4.78 is 38.3. The summed E-state index contributed by atoms with van der Waals surface area (Å²) in [6.45, 7) is 1.43. The van der Waals surface area contributed by atoms with Crippen LogP contribution in [0.2, 0.25) is 0 Å². The number of hydrogen-bond acceptors (Lipinski definition) is 2. The number of alkyl halides is 3. The fraction of sp³-hybridized carbons (Fsp3) is 0.333. The van der Waals surface area contributed by atoms with Gasteiger partial charge < -0.3 is 0 Å². The van der Waals surface area contributed by atoms with Crippen LogP contribution in [0.25, 0.3) is 0 Å². The van der Waals surface area contributed by atoms with Gasteiger partial charge >= 0.3 is 12.2 Å². The standard InChI is InChI=1S/C12H11F3N2O2/c1-7-2-3-8(6-9(7)12(13,14)15)17-5-4-10(18)16-11(17)19/h2-3,6H,4-5H2,1H3,(H,16,18,19). The summed E-state index contributed by atoms with van der Waals surface area (Å²) in [5, 5.41) is 2.07. The molecule has 1 aliphatic heterocycles. The number of anilines is 1. The summed E-state index contributed by atoms with van der Waals surface area (Å²) >= 11 is 0. The molecule has 1 aliphatic rings. The Morgan fingerprint density at radius 3 is 2.53 bits per heavy atom. The van der Waals surface area contributed by atoms with E-state index in [-0.39, 0.29) is 24.2 Å². The van der Waals surface area contributed by atoms with Crippen LogP contribution < -0.4 is 10.2 Å². The number of nitrogens with zero attached hydrogens (tertiary/aromatic N) is 1. The van der Waals surface area contributed by atoms with Crippen molar-refractivity contribution in [1.29, 1.82) is 0 Å². The second-order valence-corrected chi connectivity index (χ2v) is 4.25. The molecule has 1 saturated heterocycles. The van der Waals surface area contributed by atoms with Crippen LogP contribution in [0.1, 0.15) is 17.5 Å². The van der Waals surface area contributed by atoms with Gasteiger partial charge in [-0.15, -0.1) is 0 Å². The number of nitrogens with one attached hydrogen (secondary N) is 1. The molecule has 1 heterocycles. The maximum atomic E-state index is 12.8. The van der Waals surface area contributed by atoms with E-state index in [1.54, 1.807) is 0 Å². The van der Waals surface area contributed by atoms with Gasteiger partial charge in [-0.05, 0) is 24.6 Å². The molecule has 2 rings (SSSR count). The molecule has 0 spiro atoms. The number of imide groups is 1. The van der Waals surface area contributed by atoms with Gasteiger partial charge in [-0.1, -0.05) is 6.07 Å². The van der Waals surface area contributed by atoms with Crippen LogP contribution in [-0.4, -0.2) is 18.5 Å². The molecule has 1 aromatic rings. The summed E-state index contributed by atoms with van der Waals surface area (Å²) in [7, 11) is 0. The van der Waals surface area contributed by atoms with Crippen LogP contribution >= 0.6 is 0 Å². The van der Waals surface area contributed by atoms with Crippen molar-refractivity contribution in [2.75, 3.05) is 11.4 Å². The van der Waals surface area contributed by atoms with E-state index in [9.17, 15) is 22.8 Å². The smallest absolute Gasteiger partial charge is 0.294 e. The highest BCUT2D eigenvalue weighted by Crippen LogP contribution is 2.34. The SMILES string of the molecule is Cc1ccc(N2CCC(=O)NC2=O)cc1C(F)(F)F. The van der Waals surface area contributed by atoms with Gasteiger partial charge in [0.15, 0.2) is 0 Å². The van der Waals surface area contributed by atoms with Gasteiger partial charge in [-0.2, -0.15) is 13.2 Å². The molecule has 102 valence electrons. The first-order chi connectivity index (χ1) is 8.79. The number of rotatable bonds is 1. The summed E-state index contributed by atoms with van der Waals surface area (Å²) in [4.78, 5) is 23.7. The van der Waals surface area contributed by atoms with E-state index in [1.165, 1.54) is 19.1 Å². The number of amides is 3. The number of hydrogen-bond donors (Lipinski definition) is 1. The van der Waals surface area contributed by atoms with E-state index >= 15 is 0 Å². The molecule has 0 unspecified atom stereocenters. The van der Waals surface area contributed by atoms with Gasteiger partial charge in [0.1, 0.15) is 0 Å². The van der Waals surface area contributed by atoms with Gasteiger partial charge in [-0.25, -0.2) is 4.79 Å². The Hall–Kier alpha value is -2.05. The topological polar surface area (TPSA) is 49.4 Å². The van der Waals surface area contributed by atoms with Gasteiger partial charge in [-0.3, -0.25) is 15.0 Å². The Morgan fingerprint density at radius 1 is 1.26 bits per heavy atom. The lowest BCUT2D eigenvalue weighted by Crippen LogP contribution is -2.49. The molecular weight excluding hydrogens is 261 g/mol. The zero-order valence-electron chi connectivity index (χ0n) is 10.0. The van der Waals surface area contributed by atoms with Crippen molar-refractivity contribution in [3.05, 3.63) is 29.3 Å². The highest BCUT2D eigenvalue weighted by atomic mass is 19.4. The molecule has 0 atom stereocenters. The van der Waals surface area contributed by atoms with Crippen LogP contribution in [0.15, 0.2) is 18.2 Å². The van der Waals surface area contributed by atoms with Crippen LogP contribution in [0.3, 0.4) is 0 Å². The Balaban J connectivity index is 2.36. The molecule has 1 N–H and O–H groups in total. The fourth-order valence-electron chi connectivity index (χ4n) is 1.89. The van der Waals surface area contributed by atoms with Crippen LogP contribution in [0, 0.1) is 6.92 Å². The predicted octanol–water partition coefficient (Wildman–Crippen LogP) is 2.46. The maximum absolute atomic E-state index is 12.8. The lowest BCUT2D eigenvalue weighted by molar-refractivity contribution is -0.138. The first-order valence-corrected chi connectivity index (χ1v) is 5.58. The lowest BCUT2D eigenvalue weighted by Gasteiger charge is -2.27. The molecule has 0 radical (unpaired) electrons. The molecule has 0 aromatic heterocycles. The molecule has 0 bridgehead atoms. The van der Waals surface area contributed by atoms with Gasteiger partial charge in [0.25, 0.3) is 0 Å². The minimum atomic E-state index is -4.47. The van der Waals surface area contributed by atoms with E-state index in [0.29, 0.717) is 0 Å². The minimum Gasteiger partial charge on any atom is -0.294 e. The van der Waals surface area contributed by atoms with Crippen molar-refractivity contribution in [2.24, 2.45) is 0 Å². The van der Waals surface area contributed by atoms with Gasteiger partial charge in [0.05, 0.1) is 5.56 Å². The Labute approximate surface area is 107 Å². The molecule has 7 heteroatoms. The zero-order valence-corrected chi connectivity index (χ0v) is 10.0. The fourth-order valence-corrected chi connectivity index (χ4v) is 1.89. The van der Waals surface area contributed by atoms with Crippen molar-refractivity contribution in [2.45, 2.75) is 19.5 Å². The summed E-state index contributed by atoms with van der Waals surface area (Å²) in [5.41, 5.74) is -0.567. The minimum absolute atomic E-state index is 0.0704. The number of benzene rings is 1. The van der Waals surface area contributed by atoms with E-state index in [4.69, 9.17) is 0 Å². The number of aryl methyl sites for hydroxylation is 1. The molecule has 1 aromatic carbocycles. The molecule has 4 nitrogen and oxygen atoms in total. The second kappa shape index (κ2) is 4.56. The molecular formula is C12H11F3N2O2. The first kappa shape index (κ1) is 13.4. The monoisotopic (exact) mass is 272 g/mol. The predicted molar refractivity (Wildman–Crippen MR) is 61.7 cm³/mol. The van der Waals surface area contributed by atoms with Crippen molar-refractivity contribution in [3.8, 4) is 0 Å². The average Bonchev–Trinajstić information content (AvgIpc) is 2.29. The van der Waals surface area contributed by atoms with E-state index in [1.807, 2.05) is 0 Å². The third kappa shape index (κ3) is 2.69. The normalized spacial score (nSPS) is 16.5. The van der Waals surface area contributed by atoms with Crippen LogP contribution in [0.5, 0.6) is 0 Å². The first-order valence-electron chi connectivity index (χ1n) is 5.58. The Morgan fingerprint density at radius 2 is 1.95 bits per heavy atom. The number of urea groups is 1. The summed E-state index contributed by atoms with van der Waals surface area (Å²) in [5.74, 6) is -0.426. The number of carbonyl (C=O) groups is 2. The zero-order chi connectivity index (χ0) is 14.2. The third-order valence-corrected chi connectivity index (χ3v) is 2.89. The van der Waals surface area contributed by atoms with Crippen molar-refractivity contribution < 1.29 is 22.8 Å². The third-order valence-electron chi connectivity index (χ3n) is 2.89. The van der Waals surface area contributed by atoms with E-state index in [0.717, 1.165) is 11.0 Å². The number of halogens is 3. The van der Waals surface area contributed by atoms with Crippen LogP contribution in [0.4, 0.5) is 23.7 Å². The second-order valence-electron chi connectivity index (χ2n) is 4.25. The number of carbonyl (C=O) groups excluding carboxylic acids is 2. The van der Waals surface area contributed by atoms with Gasteiger partial charge in [0.2, 0.25) is 5.91 Å². The molecule has 19 heavy (non-hydrogen) atoms. The summed E-state index contributed by atoms with van der Waals surface area (Å²) in [6, 6.07) is 2.96. The van der Waals surface area contributed by atoms with Crippen LogP contribution in [-0.2, 0) is 11.0 Å². The Bertz CT molecular complexity index is 540. The van der Waals surface area contributed by atoms with E-state index in [2.05, 4.69) is 5.32 Å². The molecule has 3 amide bonds. The molecule has 0 saturated carbocycles. The molecule has 1 fully saturated rings. The largest absolute Gasteiger partial charge is 0.416 e. The maximum Gasteiger partial charge on any atom is 0.416 e.